The van der Waals surface area contributed by atoms with Crippen LogP contribution in [0.5, 0.6) is 0 Å². The number of nitrogens with zero attached hydrogens (tertiary/aromatic N) is 2. The summed E-state index contributed by atoms with van der Waals surface area (Å²) in [6, 6.07) is 19.0. The van der Waals surface area contributed by atoms with E-state index in [1.165, 1.54) is 17.1 Å². The van der Waals surface area contributed by atoms with Crippen molar-refractivity contribution in [3.8, 4) is 0 Å². The van der Waals surface area contributed by atoms with Gasteiger partial charge in [0.1, 0.15) is 11.6 Å². The maximum Gasteiger partial charge on any atom is 0.176 e. The van der Waals surface area contributed by atoms with Gasteiger partial charge in [0.2, 0.25) is 0 Å². The number of halogens is 3. The van der Waals surface area contributed by atoms with Crippen LogP contribution in [0.2, 0.25) is 5.02 Å². The molecule has 2 fully saturated rings. The maximum absolute atomic E-state index is 13.9. The molecule has 38 heavy (non-hydrogen) atoms. The molecule has 3 aromatic rings. The van der Waals surface area contributed by atoms with Gasteiger partial charge in [0, 0.05) is 61.6 Å². The zero-order chi connectivity index (χ0) is 26.9. The molecule has 0 N–H and O–H groups in total. The normalized spacial score (nSPS) is 17.7. The fourth-order valence-electron chi connectivity index (χ4n) is 5.22. The molecule has 0 bridgehead atoms. The van der Waals surface area contributed by atoms with E-state index in [9.17, 15) is 17.2 Å². The summed E-state index contributed by atoms with van der Waals surface area (Å²) in [5, 5.41) is 0.638. The lowest BCUT2D eigenvalue weighted by atomic mass is 9.91. The summed E-state index contributed by atoms with van der Waals surface area (Å²) in [6.45, 7) is 3.84. The SMILES string of the molecule is CS(=O)(=O)C(=C1CN([C@@H](c2ccc(Cl)cc2)c2ccc(CN3CCSCC3)cc2)C1)c1cc(F)cc(F)c1. The monoisotopic (exact) mass is 574 g/mol. The van der Waals surface area contributed by atoms with Gasteiger partial charge < -0.3 is 0 Å². The third-order valence-corrected chi connectivity index (χ3v) is 9.42. The highest BCUT2D eigenvalue weighted by molar-refractivity contribution is 8.00. The van der Waals surface area contributed by atoms with Crippen LogP contribution in [-0.2, 0) is 16.4 Å². The Morgan fingerprint density at radius 2 is 1.47 bits per heavy atom. The molecule has 4 nitrogen and oxygen atoms in total. The first-order valence-corrected chi connectivity index (χ1v) is 15.9. The first kappa shape index (κ1) is 27.3. The molecule has 0 radical (unpaired) electrons. The van der Waals surface area contributed by atoms with Gasteiger partial charge in [0.25, 0.3) is 0 Å². The molecule has 0 amide bonds. The number of thioether (sulfide) groups is 1. The van der Waals surface area contributed by atoms with Crippen LogP contribution in [0.3, 0.4) is 0 Å². The molecule has 0 saturated carbocycles. The van der Waals surface area contributed by atoms with Gasteiger partial charge in [-0.2, -0.15) is 11.8 Å². The van der Waals surface area contributed by atoms with Crippen molar-refractivity contribution >= 4 is 38.1 Å². The lowest BCUT2D eigenvalue weighted by Gasteiger charge is -2.42. The summed E-state index contributed by atoms with van der Waals surface area (Å²) < 4.78 is 53.3. The minimum atomic E-state index is -3.72. The third kappa shape index (κ3) is 6.32. The van der Waals surface area contributed by atoms with Crippen molar-refractivity contribution in [3.63, 3.8) is 0 Å². The molecule has 200 valence electrons. The van der Waals surface area contributed by atoms with Crippen LogP contribution in [0.1, 0.15) is 28.3 Å². The number of sulfone groups is 1. The maximum atomic E-state index is 13.9. The van der Waals surface area contributed by atoms with Gasteiger partial charge in [-0.05, 0) is 52.1 Å². The summed E-state index contributed by atoms with van der Waals surface area (Å²) in [5.41, 5.74) is 4.06. The smallest absolute Gasteiger partial charge is 0.176 e. The summed E-state index contributed by atoms with van der Waals surface area (Å²) in [7, 11) is -3.72. The molecule has 1 atom stereocenters. The lowest BCUT2D eigenvalue weighted by molar-refractivity contribution is 0.203. The third-order valence-electron chi connectivity index (χ3n) is 6.96. The number of benzene rings is 3. The highest BCUT2D eigenvalue weighted by Gasteiger charge is 2.35. The number of likely N-dealkylation sites (tertiary alicyclic amines) is 1. The van der Waals surface area contributed by atoms with E-state index >= 15 is 0 Å². The Balaban J connectivity index is 1.44. The van der Waals surface area contributed by atoms with Crippen molar-refractivity contribution in [1.29, 1.82) is 0 Å². The quantitative estimate of drug-likeness (QED) is 0.345. The van der Waals surface area contributed by atoms with Crippen LogP contribution in [-0.4, -0.2) is 62.2 Å². The minimum absolute atomic E-state index is 0.00273. The van der Waals surface area contributed by atoms with E-state index in [1.54, 1.807) is 0 Å². The molecule has 5 rings (SSSR count). The topological polar surface area (TPSA) is 40.6 Å². The Morgan fingerprint density at radius 1 is 0.921 bits per heavy atom. The van der Waals surface area contributed by atoms with Gasteiger partial charge in [-0.1, -0.05) is 48.0 Å². The van der Waals surface area contributed by atoms with Crippen LogP contribution in [0, 0.1) is 11.6 Å². The summed E-state index contributed by atoms with van der Waals surface area (Å²) in [6.07, 6.45) is 1.08. The first-order valence-electron chi connectivity index (χ1n) is 12.4. The van der Waals surface area contributed by atoms with Gasteiger partial charge in [0.15, 0.2) is 9.84 Å². The van der Waals surface area contributed by atoms with E-state index in [4.69, 9.17) is 11.6 Å². The Kier molecular flexibility index (Phi) is 8.26. The fourth-order valence-corrected chi connectivity index (χ4v) is 7.52. The number of rotatable bonds is 7. The van der Waals surface area contributed by atoms with Crippen molar-refractivity contribution < 1.29 is 17.2 Å². The standard InChI is InChI=1S/C29H29ClF2N2O2S2/c1-38(35,36)29(23-14-26(31)16-27(32)15-23)24-18-34(19-24)28(22-6-8-25(30)9-7-22)21-4-2-20(3-5-21)17-33-10-12-37-13-11-33/h2-9,14-16,28H,10-13,17-19H2,1H3/t28-/m1/s1. The van der Waals surface area contributed by atoms with Crippen molar-refractivity contribution in [2.75, 3.05) is 43.9 Å². The molecule has 0 unspecified atom stereocenters. The predicted octanol–water partition coefficient (Wildman–Crippen LogP) is 6.03. The van der Waals surface area contributed by atoms with Gasteiger partial charge >= 0.3 is 0 Å². The summed E-state index contributed by atoms with van der Waals surface area (Å²) in [5.74, 6) is 0.721. The molecule has 3 aromatic carbocycles. The molecule has 2 aliphatic heterocycles. The lowest BCUT2D eigenvalue weighted by Crippen LogP contribution is -2.44. The van der Waals surface area contributed by atoms with E-state index in [2.05, 4.69) is 34.1 Å². The second-order valence-corrected chi connectivity index (χ2v) is 13.5. The van der Waals surface area contributed by atoms with Gasteiger partial charge in [-0.25, -0.2) is 17.2 Å². The minimum Gasteiger partial charge on any atom is -0.297 e. The molecule has 2 aliphatic rings. The molecule has 2 heterocycles. The first-order chi connectivity index (χ1) is 18.2. The number of hydrogen-bond donors (Lipinski definition) is 0. The second-order valence-electron chi connectivity index (χ2n) is 9.85. The van der Waals surface area contributed by atoms with Crippen LogP contribution in [0.15, 0.2) is 72.3 Å². The van der Waals surface area contributed by atoms with Crippen LogP contribution in [0.25, 0.3) is 4.91 Å². The molecule has 0 aliphatic carbocycles. The van der Waals surface area contributed by atoms with Gasteiger partial charge in [0.05, 0.1) is 10.9 Å². The molecular weight excluding hydrogens is 546 g/mol. The van der Waals surface area contributed by atoms with Gasteiger partial charge in [-0.3, -0.25) is 9.80 Å². The average Bonchev–Trinajstić information content (AvgIpc) is 2.84. The second kappa shape index (κ2) is 11.5. The van der Waals surface area contributed by atoms with Gasteiger partial charge in [-0.15, -0.1) is 0 Å². The average molecular weight is 575 g/mol. The predicted molar refractivity (Wildman–Crippen MR) is 152 cm³/mol. The largest absolute Gasteiger partial charge is 0.297 e. The van der Waals surface area contributed by atoms with E-state index in [0.29, 0.717) is 23.7 Å². The summed E-state index contributed by atoms with van der Waals surface area (Å²) >= 11 is 8.15. The molecule has 0 aromatic heterocycles. The Labute approximate surface area is 232 Å². The van der Waals surface area contributed by atoms with Crippen LogP contribution >= 0.6 is 23.4 Å². The van der Waals surface area contributed by atoms with Crippen molar-refractivity contribution in [2.45, 2.75) is 12.6 Å². The van der Waals surface area contributed by atoms with Crippen molar-refractivity contribution in [1.82, 2.24) is 9.80 Å². The van der Waals surface area contributed by atoms with Crippen molar-refractivity contribution in [3.05, 3.63) is 111 Å². The Bertz CT molecular complexity index is 1410. The summed E-state index contributed by atoms with van der Waals surface area (Å²) in [4.78, 5) is 4.63. The Morgan fingerprint density at radius 3 is 2.03 bits per heavy atom. The molecular formula is C29H29ClF2N2O2S2. The molecule has 9 heteroatoms. The van der Waals surface area contributed by atoms with Crippen LogP contribution in [0.4, 0.5) is 8.78 Å². The van der Waals surface area contributed by atoms with E-state index in [0.717, 1.165) is 55.2 Å². The zero-order valence-electron chi connectivity index (χ0n) is 21.0. The highest BCUT2D eigenvalue weighted by atomic mass is 35.5. The number of hydrogen-bond acceptors (Lipinski definition) is 5. The highest BCUT2D eigenvalue weighted by Crippen LogP contribution is 2.39. The molecule has 0 spiro atoms. The fraction of sp³-hybridized carbons (Fsp3) is 0.310. The van der Waals surface area contributed by atoms with Crippen LogP contribution < -0.4 is 0 Å². The van der Waals surface area contributed by atoms with E-state index in [1.807, 2.05) is 36.0 Å². The van der Waals surface area contributed by atoms with Crippen molar-refractivity contribution in [2.24, 2.45) is 0 Å². The Hall–Kier alpha value is -2.23. The molecule has 2 saturated heterocycles. The van der Waals surface area contributed by atoms with E-state index < -0.39 is 21.5 Å². The zero-order valence-corrected chi connectivity index (χ0v) is 23.4. The van der Waals surface area contributed by atoms with E-state index in [-0.39, 0.29) is 16.5 Å².